The third kappa shape index (κ3) is 6.25. The van der Waals surface area contributed by atoms with Crippen molar-refractivity contribution in [2.75, 3.05) is 28.5 Å². The van der Waals surface area contributed by atoms with Crippen LogP contribution in [-0.2, 0) is 0 Å². The van der Waals surface area contributed by atoms with Crippen LogP contribution in [0.4, 0.5) is 22.7 Å². The zero-order chi connectivity index (χ0) is 22.0. The van der Waals surface area contributed by atoms with Crippen LogP contribution in [0.25, 0.3) is 0 Å². The highest BCUT2D eigenvalue weighted by molar-refractivity contribution is 8.06. The molecule has 1 fully saturated rings. The van der Waals surface area contributed by atoms with Crippen LogP contribution < -0.4 is 9.91 Å². The van der Waals surface area contributed by atoms with Gasteiger partial charge in [0.2, 0.25) is 0 Å². The molecule has 160 valence electrons. The second-order valence-electron chi connectivity index (χ2n) is 7.31. The monoisotopic (exact) mass is 437 g/mol. The zero-order valence-electron chi connectivity index (χ0n) is 18.2. The molecule has 32 heavy (non-hydrogen) atoms. The summed E-state index contributed by atoms with van der Waals surface area (Å²) in [5.41, 5.74) is 5.47. The van der Waals surface area contributed by atoms with E-state index in [0.717, 1.165) is 28.3 Å². The fourth-order valence-electron chi connectivity index (χ4n) is 3.17. The van der Waals surface area contributed by atoms with E-state index in [1.54, 1.807) is 0 Å². The molecule has 0 N–H and O–H groups in total. The van der Waals surface area contributed by atoms with Crippen molar-refractivity contribution < 1.29 is 0 Å². The van der Waals surface area contributed by atoms with E-state index in [9.17, 15) is 0 Å². The third-order valence-electron chi connectivity index (χ3n) is 4.89. The Morgan fingerprint density at radius 2 is 1.00 bits per heavy atom. The Hall–Kier alpha value is -3.50. The molecule has 0 unspecified atom stereocenters. The lowest BCUT2D eigenvalue weighted by Gasteiger charge is -2.25. The summed E-state index contributed by atoms with van der Waals surface area (Å²) in [7, 11) is 1.95. The third-order valence-corrected chi connectivity index (χ3v) is 5.30. The van der Waals surface area contributed by atoms with Crippen molar-refractivity contribution in [2.45, 2.75) is 0 Å². The summed E-state index contributed by atoms with van der Waals surface area (Å²) in [5.74, 6) is 2.83. The van der Waals surface area contributed by atoms with Crippen LogP contribution in [0.15, 0.2) is 120 Å². The number of benzene rings is 4. The maximum absolute atomic E-state index is 4.55. The van der Waals surface area contributed by atoms with Crippen LogP contribution in [0.2, 0.25) is 0 Å². The molecule has 0 aromatic heterocycles. The summed E-state index contributed by atoms with van der Waals surface area (Å²) in [5, 5.41) is 6.42. The SMILES string of the molecule is C1CS1.CN(N=Cc1ccc(N(c2ccccc2)c2ccccc2)cc1)c1ccccc1. The van der Waals surface area contributed by atoms with Gasteiger partial charge >= 0.3 is 0 Å². The number of hydrogen-bond donors (Lipinski definition) is 0. The van der Waals surface area contributed by atoms with Crippen molar-refractivity contribution in [3.63, 3.8) is 0 Å². The van der Waals surface area contributed by atoms with Crippen LogP contribution >= 0.6 is 11.8 Å². The van der Waals surface area contributed by atoms with Gasteiger partial charge in [-0.2, -0.15) is 16.9 Å². The molecule has 0 radical (unpaired) electrons. The van der Waals surface area contributed by atoms with Gasteiger partial charge in [0.1, 0.15) is 0 Å². The predicted molar refractivity (Wildman–Crippen MR) is 141 cm³/mol. The highest BCUT2D eigenvalue weighted by Crippen LogP contribution is 2.33. The van der Waals surface area contributed by atoms with Gasteiger partial charge in [-0.25, -0.2) is 0 Å². The lowest BCUT2D eigenvalue weighted by Crippen LogP contribution is -2.10. The first-order valence-corrected chi connectivity index (χ1v) is 11.9. The van der Waals surface area contributed by atoms with Crippen molar-refractivity contribution in [3.8, 4) is 0 Å². The van der Waals surface area contributed by atoms with Gasteiger partial charge in [0, 0.05) is 35.6 Å². The van der Waals surface area contributed by atoms with E-state index in [1.165, 1.54) is 11.5 Å². The lowest BCUT2D eigenvalue weighted by atomic mass is 10.1. The average molecular weight is 438 g/mol. The van der Waals surface area contributed by atoms with Gasteiger partial charge in [-0.05, 0) is 54.1 Å². The normalized spacial score (nSPS) is 12.0. The first kappa shape index (κ1) is 21.7. The standard InChI is InChI=1S/C26H23N3.C2H4S/c1-28(23-11-5-2-6-12-23)27-21-22-17-19-26(20-18-22)29(24-13-7-3-8-14-24)25-15-9-4-10-16-25;1-2-3-1/h2-21H,1H3;1-2H2. The summed E-state index contributed by atoms with van der Waals surface area (Å²) >= 11 is 2.00. The van der Waals surface area contributed by atoms with Crippen LogP contribution in [0.3, 0.4) is 0 Å². The highest BCUT2D eigenvalue weighted by Gasteiger charge is 2.11. The van der Waals surface area contributed by atoms with E-state index in [-0.39, 0.29) is 0 Å². The minimum atomic E-state index is 1.05. The summed E-state index contributed by atoms with van der Waals surface area (Å²) in [6.45, 7) is 0. The Labute approximate surface area is 195 Å². The number of anilines is 4. The van der Waals surface area contributed by atoms with E-state index in [0.29, 0.717) is 0 Å². The number of hydrogen-bond acceptors (Lipinski definition) is 4. The molecule has 0 atom stereocenters. The first-order chi connectivity index (χ1) is 15.8. The molecule has 0 spiro atoms. The largest absolute Gasteiger partial charge is 0.311 e. The quantitative estimate of drug-likeness (QED) is 0.178. The maximum atomic E-state index is 4.55. The molecule has 4 aromatic carbocycles. The molecule has 5 rings (SSSR count). The van der Waals surface area contributed by atoms with Crippen LogP contribution in [-0.4, -0.2) is 24.8 Å². The summed E-state index contributed by atoms with van der Waals surface area (Å²) < 4.78 is 0. The van der Waals surface area contributed by atoms with Crippen molar-refractivity contribution >= 4 is 40.7 Å². The second-order valence-corrected chi connectivity index (χ2v) is 8.54. The molecule has 0 aliphatic carbocycles. The molecule has 4 aromatic rings. The fourth-order valence-corrected chi connectivity index (χ4v) is 3.17. The Morgan fingerprint density at radius 1 is 0.594 bits per heavy atom. The number of hydrazone groups is 1. The van der Waals surface area contributed by atoms with Crippen LogP contribution in [0.1, 0.15) is 5.56 Å². The van der Waals surface area contributed by atoms with Gasteiger partial charge in [0.05, 0.1) is 11.9 Å². The minimum absolute atomic E-state index is 1.05. The maximum Gasteiger partial charge on any atom is 0.0590 e. The Balaban J connectivity index is 0.000000754. The number of thioether (sulfide) groups is 1. The topological polar surface area (TPSA) is 18.8 Å². The first-order valence-electron chi connectivity index (χ1n) is 10.7. The van der Waals surface area contributed by atoms with Crippen LogP contribution in [0, 0.1) is 0 Å². The summed E-state index contributed by atoms with van der Waals surface area (Å²) in [4.78, 5) is 2.25. The number of rotatable bonds is 6. The van der Waals surface area contributed by atoms with Crippen molar-refractivity contribution in [3.05, 3.63) is 121 Å². The van der Waals surface area contributed by atoms with E-state index in [4.69, 9.17) is 0 Å². The van der Waals surface area contributed by atoms with E-state index in [1.807, 2.05) is 72.5 Å². The van der Waals surface area contributed by atoms with Gasteiger partial charge in [0.25, 0.3) is 0 Å². The van der Waals surface area contributed by atoms with Gasteiger partial charge in [0.15, 0.2) is 0 Å². The molecule has 1 aliphatic rings. The van der Waals surface area contributed by atoms with Crippen molar-refractivity contribution in [1.82, 2.24) is 0 Å². The Bertz CT molecular complexity index is 1050. The molecule has 4 heteroatoms. The Morgan fingerprint density at radius 3 is 1.44 bits per heavy atom. The predicted octanol–water partition coefficient (Wildman–Crippen LogP) is 7.36. The van der Waals surface area contributed by atoms with Gasteiger partial charge in [-0.3, -0.25) is 5.01 Å². The van der Waals surface area contributed by atoms with Crippen molar-refractivity contribution in [2.24, 2.45) is 5.10 Å². The molecule has 0 bridgehead atoms. The molecule has 1 heterocycles. The molecule has 3 nitrogen and oxygen atoms in total. The molecule has 1 aliphatic heterocycles. The molecule has 1 saturated heterocycles. The molecule has 0 saturated carbocycles. The smallest absolute Gasteiger partial charge is 0.0590 e. The van der Waals surface area contributed by atoms with E-state index >= 15 is 0 Å². The fraction of sp³-hybridized carbons (Fsp3) is 0.107. The second kappa shape index (κ2) is 11.2. The summed E-state index contributed by atoms with van der Waals surface area (Å²) in [6.07, 6.45) is 1.88. The lowest BCUT2D eigenvalue weighted by molar-refractivity contribution is 1.02. The zero-order valence-corrected chi connectivity index (χ0v) is 19.0. The average Bonchev–Trinajstić information content (AvgIpc) is 3.75. The minimum Gasteiger partial charge on any atom is -0.311 e. The van der Waals surface area contributed by atoms with Gasteiger partial charge < -0.3 is 4.90 Å². The van der Waals surface area contributed by atoms with Crippen LogP contribution in [0.5, 0.6) is 0 Å². The summed E-state index contributed by atoms with van der Waals surface area (Å²) in [6, 6.07) is 39.4. The molecule has 0 amide bonds. The van der Waals surface area contributed by atoms with E-state index < -0.39 is 0 Å². The van der Waals surface area contributed by atoms with Gasteiger partial charge in [-0.15, -0.1) is 0 Å². The van der Waals surface area contributed by atoms with E-state index in [2.05, 4.69) is 82.8 Å². The van der Waals surface area contributed by atoms with Gasteiger partial charge in [-0.1, -0.05) is 66.7 Å². The van der Waals surface area contributed by atoms with Crippen molar-refractivity contribution in [1.29, 1.82) is 0 Å². The number of para-hydroxylation sites is 3. The molecular weight excluding hydrogens is 410 g/mol. The molecular formula is C28H27N3S. The Kier molecular flexibility index (Phi) is 7.61. The highest BCUT2D eigenvalue weighted by atomic mass is 32.2. The number of nitrogens with zero attached hydrogens (tertiary/aromatic N) is 3.